The number of aromatic amines is 1. The summed E-state index contributed by atoms with van der Waals surface area (Å²) in [6, 6.07) is 5.48. The molecule has 1 saturated heterocycles. The predicted octanol–water partition coefficient (Wildman–Crippen LogP) is -0.703. The first-order chi connectivity index (χ1) is 13.4. The minimum atomic E-state index is -1.13. The van der Waals surface area contributed by atoms with Crippen molar-refractivity contribution in [3.63, 3.8) is 0 Å². The van der Waals surface area contributed by atoms with Gasteiger partial charge in [-0.05, 0) is 17.7 Å². The number of imidazole rings is 1. The number of hydrogen-bond donors (Lipinski definition) is 4. The quantitative estimate of drug-likeness (QED) is 0.459. The fraction of sp³-hybridized carbons (Fsp3) is 0.353. The molecule has 0 unspecified atom stereocenters. The number of halogens is 1. The molecule has 4 rings (SSSR count). The Hall–Kier alpha value is -3.02. The summed E-state index contributed by atoms with van der Waals surface area (Å²) in [5, 5.41) is 19.6. The average molecular weight is 391 g/mol. The third-order valence-corrected chi connectivity index (χ3v) is 4.71. The van der Waals surface area contributed by atoms with Crippen LogP contribution >= 0.6 is 0 Å². The van der Waals surface area contributed by atoms with E-state index in [4.69, 9.17) is 10.5 Å². The molecule has 0 aliphatic carbocycles. The zero-order valence-corrected chi connectivity index (χ0v) is 14.6. The molecule has 0 radical (unpaired) electrons. The Bertz CT molecular complexity index is 1140. The van der Waals surface area contributed by atoms with Gasteiger partial charge in [0.25, 0.3) is 5.56 Å². The number of ether oxygens (including phenoxy) is 1. The number of aliphatic hydroxyl groups is 2. The number of benzene rings is 1. The van der Waals surface area contributed by atoms with E-state index < -0.39 is 35.5 Å². The van der Waals surface area contributed by atoms with E-state index >= 15 is 0 Å². The van der Waals surface area contributed by atoms with Crippen LogP contribution in [0.15, 0.2) is 33.9 Å². The summed E-state index contributed by atoms with van der Waals surface area (Å²) in [5.74, 6) is -0.625. The molecular formula is C17H18FN5O5. The molecule has 3 heterocycles. The van der Waals surface area contributed by atoms with Crippen LogP contribution in [0.5, 0.6) is 0 Å². The number of anilines is 1. The lowest BCUT2D eigenvalue weighted by Gasteiger charge is -2.15. The lowest BCUT2D eigenvalue weighted by molar-refractivity contribution is -0.0505. The summed E-state index contributed by atoms with van der Waals surface area (Å²) in [6.07, 6.45) is -2.74. The van der Waals surface area contributed by atoms with Gasteiger partial charge < -0.3 is 20.7 Å². The molecule has 10 nitrogen and oxygen atoms in total. The molecule has 1 aliphatic rings. The van der Waals surface area contributed by atoms with Crippen molar-refractivity contribution in [2.75, 3.05) is 12.3 Å². The van der Waals surface area contributed by atoms with E-state index in [0.29, 0.717) is 5.56 Å². The molecule has 1 aliphatic heterocycles. The lowest BCUT2D eigenvalue weighted by atomic mass is 10.2. The Morgan fingerprint density at radius 1 is 1.32 bits per heavy atom. The Balaban J connectivity index is 1.91. The van der Waals surface area contributed by atoms with Crippen LogP contribution in [0.1, 0.15) is 18.2 Å². The normalized spacial score (nSPS) is 22.2. The molecule has 3 atom stereocenters. The van der Waals surface area contributed by atoms with Crippen molar-refractivity contribution in [2.24, 2.45) is 0 Å². The van der Waals surface area contributed by atoms with Gasteiger partial charge in [0.2, 0.25) is 5.95 Å². The molecular weight excluding hydrogens is 373 g/mol. The highest BCUT2D eigenvalue weighted by Gasteiger charge is 2.38. The monoisotopic (exact) mass is 391 g/mol. The second-order valence-corrected chi connectivity index (χ2v) is 6.62. The summed E-state index contributed by atoms with van der Waals surface area (Å²) in [7, 11) is 0. The van der Waals surface area contributed by atoms with Gasteiger partial charge in [0, 0.05) is 6.42 Å². The molecule has 1 aromatic carbocycles. The molecule has 11 heteroatoms. The largest absolute Gasteiger partial charge is 0.394 e. The summed E-state index contributed by atoms with van der Waals surface area (Å²) < 4.78 is 21.0. The highest BCUT2D eigenvalue weighted by atomic mass is 19.1. The van der Waals surface area contributed by atoms with Crippen molar-refractivity contribution in [1.29, 1.82) is 0 Å². The maximum absolute atomic E-state index is 13.2. The Morgan fingerprint density at radius 2 is 2.04 bits per heavy atom. The first kappa shape index (κ1) is 18.3. The number of aromatic nitrogens is 4. The van der Waals surface area contributed by atoms with Crippen molar-refractivity contribution in [3.05, 3.63) is 56.5 Å². The highest BCUT2D eigenvalue weighted by molar-refractivity contribution is 5.72. The lowest BCUT2D eigenvalue weighted by Crippen LogP contribution is -2.32. The first-order valence-electron chi connectivity index (χ1n) is 8.58. The number of rotatable bonds is 4. The zero-order chi connectivity index (χ0) is 20.0. The van der Waals surface area contributed by atoms with Crippen molar-refractivity contribution in [1.82, 2.24) is 19.1 Å². The smallest absolute Gasteiger partial charge is 0.333 e. The van der Waals surface area contributed by atoms with E-state index in [9.17, 15) is 24.2 Å². The number of nitrogens with zero attached hydrogens (tertiary/aromatic N) is 3. The molecule has 5 N–H and O–H groups in total. The van der Waals surface area contributed by atoms with Crippen molar-refractivity contribution < 1.29 is 19.3 Å². The van der Waals surface area contributed by atoms with E-state index in [1.807, 2.05) is 0 Å². The van der Waals surface area contributed by atoms with Gasteiger partial charge in [0.1, 0.15) is 11.9 Å². The van der Waals surface area contributed by atoms with E-state index in [2.05, 4.69) is 9.97 Å². The van der Waals surface area contributed by atoms with Crippen LogP contribution in [0.25, 0.3) is 11.2 Å². The second kappa shape index (κ2) is 6.86. The third-order valence-electron chi connectivity index (χ3n) is 4.71. The number of H-pyrrole nitrogens is 1. The molecule has 0 amide bonds. The van der Waals surface area contributed by atoms with Crippen molar-refractivity contribution in [2.45, 2.75) is 31.4 Å². The SMILES string of the molecule is Nc1nc2c(c(=O)[nH]1)n(Cc1ccc(F)cc1)c(=O)n2[C@@H]1O[C@H](CO)C[C@H]1O. The number of hydrogen-bond acceptors (Lipinski definition) is 7. The van der Waals surface area contributed by atoms with Gasteiger partial charge in [0.05, 0.1) is 19.3 Å². The number of nitrogens with two attached hydrogens (primary N) is 1. The number of aliphatic hydroxyl groups excluding tert-OH is 2. The number of nitrogen functional groups attached to an aromatic ring is 1. The Morgan fingerprint density at radius 3 is 2.68 bits per heavy atom. The summed E-state index contributed by atoms with van der Waals surface area (Å²) >= 11 is 0. The fourth-order valence-corrected chi connectivity index (χ4v) is 3.43. The maximum Gasteiger partial charge on any atom is 0.333 e. The van der Waals surface area contributed by atoms with Crippen LogP contribution in [0.4, 0.5) is 10.3 Å². The Kier molecular flexibility index (Phi) is 4.49. The number of nitrogens with one attached hydrogen (secondary N) is 1. The van der Waals surface area contributed by atoms with Gasteiger partial charge in [0.15, 0.2) is 17.4 Å². The summed E-state index contributed by atoms with van der Waals surface area (Å²) in [6.45, 7) is -0.351. The van der Waals surface area contributed by atoms with E-state index in [0.717, 1.165) is 9.13 Å². The number of fused-ring (bicyclic) bond motifs is 1. The third kappa shape index (κ3) is 2.99. The molecule has 148 valence electrons. The van der Waals surface area contributed by atoms with E-state index in [1.165, 1.54) is 24.3 Å². The van der Waals surface area contributed by atoms with Crippen LogP contribution in [0, 0.1) is 5.82 Å². The molecule has 1 fully saturated rings. The molecule has 0 spiro atoms. The standard InChI is InChI=1S/C17H18FN5O5/c18-9-3-1-8(2-4-9)6-22-12-13(20-16(19)21-14(12)26)23(17(22)27)15-11(25)5-10(7-24)28-15/h1-4,10-11,15,24-25H,5-7H2,(H3,19,20,21,26)/t10-,11+,15+/m0/s1. The highest BCUT2D eigenvalue weighted by Crippen LogP contribution is 2.29. The molecule has 0 bridgehead atoms. The first-order valence-corrected chi connectivity index (χ1v) is 8.58. The van der Waals surface area contributed by atoms with Gasteiger partial charge >= 0.3 is 5.69 Å². The van der Waals surface area contributed by atoms with Gasteiger partial charge in [-0.1, -0.05) is 12.1 Å². The molecule has 2 aromatic heterocycles. The fourth-order valence-electron chi connectivity index (χ4n) is 3.43. The van der Waals surface area contributed by atoms with Crippen LogP contribution in [-0.2, 0) is 11.3 Å². The van der Waals surface area contributed by atoms with Crippen LogP contribution in [-0.4, -0.2) is 48.1 Å². The second-order valence-electron chi connectivity index (χ2n) is 6.62. The molecule has 0 saturated carbocycles. The van der Waals surface area contributed by atoms with Crippen LogP contribution in [0.2, 0.25) is 0 Å². The summed E-state index contributed by atoms with van der Waals surface area (Å²) in [4.78, 5) is 32.0. The van der Waals surface area contributed by atoms with Gasteiger partial charge in [-0.2, -0.15) is 4.98 Å². The maximum atomic E-state index is 13.2. The van der Waals surface area contributed by atoms with Crippen LogP contribution in [0.3, 0.4) is 0 Å². The van der Waals surface area contributed by atoms with Crippen molar-refractivity contribution >= 4 is 17.1 Å². The van der Waals surface area contributed by atoms with Gasteiger partial charge in [-0.3, -0.25) is 14.3 Å². The summed E-state index contributed by atoms with van der Waals surface area (Å²) in [5.41, 5.74) is 4.84. The topological polar surface area (TPSA) is 148 Å². The molecule has 28 heavy (non-hydrogen) atoms. The molecule has 3 aromatic rings. The zero-order valence-electron chi connectivity index (χ0n) is 14.6. The van der Waals surface area contributed by atoms with E-state index in [-0.39, 0.29) is 36.7 Å². The van der Waals surface area contributed by atoms with Gasteiger partial charge in [-0.25, -0.2) is 13.8 Å². The predicted molar refractivity (Wildman–Crippen MR) is 96.1 cm³/mol. The van der Waals surface area contributed by atoms with Crippen LogP contribution < -0.4 is 17.0 Å². The minimum absolute atomic E-state index is 0.0243. The van der Waals surface area contributed by atoms with E-state index in [1.54, 1.807) is 0 Å². The minimum Gasteiger partial charge on any atom is -0.394 e. The Labute approximate surface area is 156 Å². The average Bonchev–Trinajstić information content (AvgIpc) is 3.14. The van der Waals surface area contributed by atoms with Gasteiger partial charge in [-0.15, -0.1) is 0 Å². The van der Waals surface area contributed by atoms with Crippen molar-refractivity contribution in [3.8, 4) is 0 Å².